The number of halogens is 2. The molecule has 0 spiro atoms. The maximum Gasteiger partial charge on any atom is 0.319 e. The molecule has 2 aromatic carbocycles. The van der Waals surface area contributed by atoms with Crippen molar-refractivity contribution < 1.29 is 4.79 Å². The van der Waals surface area contributed by atoms with E-state index in [1.54, 1.807) is 0 Å². The van der Waals surface area contributed by atoms with Crippen molar-refractivity contribution in [2.45, 2.75) is 6.54 Å². The van der Waals surface area contributed by atoms with Gasteiger partial charge in [0.1, 0.15) is 0 Å². The minimum Gasteiger partial charge on any atom is -0.334 e. The Morgan fingerprint density at radius 3 is 2.37 bits per heavy atom. The first-order valence-electron chi connectivity index (χ1n) is 5.69. The molecule has 98 valence electrons. The Balaban J connectivity index is 1.88. The molecule has 2 aromatic rings. The second-order valence-corrected chi connectivity index (χ2v) is 5.68. The van der Waals surface area contributed by atoms with Crippen molar-refractivity contribution in [3.05, 3.63) is 63.0 Å². The second-order valence-electron chi connectivity index (χ2n) is 3.91. The van der Waals surface area contributed by atoms with Crippen LogP contribution in [-0.4, -0.2) is 6.03 Å². The van der Waals surface area contributed by atoms with Gasteiger partial charge in [-0.2, -0.15) is 0 Å². The van der Waals surface area contributed by atoms with Crippen LogP contribution in [0.25, 0.3) is 0 Å². The normalized spacial score (nSPS) is 10.0. The highest BCUT2D eigenvalue weighted by Gasteiger charge is 2.03. The van der Waals surface area contributed by atoms with E-state index in [0.717, 1.165) is 20.2 Å². The van der Waals surface area contributed by atoms with E-state index in [-0.39, 0.29) is 6.03 Å². The summed E-state index contributed by atoms with van der Waals surface area (Å²) in [5.74, 6) is 0. The summed E-state index contributed by atoms with van der Waals surface area (Å²) in [6, 6.07) is 15.0. The van der Waals surface area contributed by atoms with Gasteiger partial charge in [-0.05, 0) is 35.9 Å². The Kier molecular flexibility index (Phi) is 4.99. The average Bonchev–Trinajstić information content (AvgIpc) is 2.40. The number of anilines is 1. The van der Waals surface area contributed by atoms with Crippen molar-refractivity contribution in [2.75, 3.05) is 5.32 Å². The first-order valence-corrected chi connectivity index (χ1v) is 7.27. The van der Waals surface area contributed by atoms with Gasteiger partial charge in [0.15, 0.2) is 0 Å². The Labute approximate surface area is 128 Å². The van der Waals surface area contributed by atoms with E-state index in [4.69, 9.17) is 0 Å². The molecular weight excluding hydrogens is 372 g/mol. The molecule has 0 saturated heterocycles. The lowest BCUT2D eigenvalue weighted by molar-refractivity contribution is 0.251. The smallest absolute Gasteiger partial charge is 0.319 e. The summed E-state index contributed by atoms with van der Waals surface area (Å²) in [6.45, 7) is 0.476. The van der Waals surface area contributed by atoms with Crippen LogP contribution in [-0.2, 0) is 6.54 Å². The molecule has 0 radical (unpaired) electrons. The topological polar surface area (TPSA) is 41.1 Å². The largest absolute Gasteiger partial charge is 0.334 e. The predicted molar refractivity (Wildman–Crippen MR) is 84.1 cm³/mol. The quantitative estimate of drug-likeness (QED) is 0.802. The number of carbonyl (C=O) groups is 1. The number of hydrogen-bond donors (Lipinski definition) is 2. The average molecular weight is 384 g/mol. The molecule has 0 fully saturated rings. The van der Waals surface area contributed by atoms with Crippen LogP contribution in [0.1, 0.15) is 5.56 Å². The Hall–Kier alpha value is -1.33. The molecule has 2 N–H and O–H groups in total. The summed E-state index contributed by atoms with van der Waals surface area (Å²) in [6.07, 6.45) is 0. The molecule has 2 rings (SSSR count). The lowest BCUT2D eigenvalue weighted by Gasteiger charge is -2.08. The number of hydrogen-bond acceptors (Lipinski definition) is 1. The fraction of sp³-hybridized carbons (Fsp3) is 0.0714. The lowest BCUT2D eigenvalue weighted by Crippen LogP contribution is -2.28. The van der Waals surface area contributed by atoms with Crippen LogP contribution in [0, 0.1) is 0 Å². The molecule has 0 atom stereocenters. The summed E-state index contributed by atoms with van der Waals surface area (Å²) in [4.78, 5) is 11.7. The van der Waals surface area contributed by atoms with E-state index in [0.29, 0.717) is 6.54 Å². The number of benzene rings is 2. The van der Waals surface area contributed by atoms with Crippen LogP contribution in [0.4, 0.5) is 10.5 Å². The van der Waals surface area contributed by atoms with E-state index in [1.807, 2.05) is 48.5 Å². The van der Waals surface area contributed by atoms with E-state index in [1.165, 1.54) is 0 Å². The summed E-state index contributed by atoms with van der Waals surface area (Å²) in [5, 5.41) is 5.58. The van der Waals surface area contributed by atoms with Gasteiger partial charge in [0, 0.05) is 21.2 Å². The Morgan fingerprint density at radius 1 is 1.00 bits per heavy atom. The lowest BCUT2D eigenvalue weighted by atomic mass is 10.2. The van der Waals surface area contributed by atoms with E-state index in [9.17, 15) is 4.79 Å². The number of amides is 2. The molecule has 0 unspecified atom stereocenters. The molecule has 19 heavy (non-hydrogen) atoms. The van der Waals surface area contributed by atoms with Crippen LogP contribution in [0.3, 0.4) is 0 Å². The third-order valence-corrected chi connectivity index (χ3v) is 3.80. The SMILES string of the molecule is O=C(NCc1ccccc1Br)Nc1ccc(Br)cc1. The van der Waals surface area contributed by atoms with Gasteiger partial charge in [0.2, 0.25) is 0 Å². The number of carbonyl (C=O) groups excluding carboxylic acids is 1. The van der Waals surface area contributed by atoms with Gasteiger partial charge in [0.05, 0.1) is 0 Å². The summed E-state index contributed by atoms with van der Waals surface area (Å²) in [7, 11) is 0. The zero-order chi connectivity index (χ0) is 13.7. The molecule has 0 aliphatic carbocycles. The number of nitrogens with one attached hydrogen (secondary N) is 2. The highest BCUT2D eigenvalue weighted by Crippen LogP contribution is 2.16. The molecule has 0 heterocycles. The molecule has 0 saturated carbocycles. The van der Waals surface area contributed by atoms with Gasteiger partial charge in [-0.3, -0.25) is 0 Å². The fourth-order valence-electron chi connectivity index (χ4n) is 1.53. The first-order chi connectivity index (χ1) is 9.15. The van der Waals surface area contributed by atoms with Gasteiger partial charge in [-0.15, -0.1) is 0 Å². The van der Waals surface area contributed by atoms with Crippen molar-refractivity contribution in [1.29, 1.82) is 0 Å². The number of urea groups is 1. The monoisotopic (exact) mass is 382 g/mol. The minimum atomic E-state index is -0.224. The van der Waals surface area contributed by atoms with Crippen LogP contribution in [0.2, 0.25) is 0 Å². The molecule has 5 heteroatoms. The molecule has 0 bridgehead atoms. The zero-order valence-corrected chi connectivity index (χ0v) is 13.2. The molecular formula is C14H12Br2N2O. The van der Waals surface area contributed by atoms with Crippen LogP contribution in [0.5, 0.6) is 0 Å². The number of rotatable bonds is 3. The molecule has 0 aromatic heterocycles. The van der Waals surface area contributed by atoms with Crippen LogP contribution in [0.15, 0.2) is 57.5 Å². The highest BCUT2D eigenvalue weighted by atomic mass is 79.9. The minimum absolute atomic E-state index is 0.224. The first kappa shape index (κ1) is 14.1. The maximum absolute atomic E-state index is 11.7. The van der Waals surface area contributed by atoms with Gasteiger partial charge in [0.25, 0.3) is 0 Å². The van der Waals surface area contributed by atoms with Gasteiger partial charge in [-0.25, -0.2) is 4.79 Å². The Bertz CT molecular complexity index is 570. The fourth-order valence-corrected chi connectivity index (χ4v) is 2.22. The van der Waals surface area contributed by atoms with Crippen molar-refractivity contribution >= 4 is 43.6 Å². The predicted octanol–water partition coefficient (Wildman–Crippen LogP) is 4.53. The van der Waals surface area contributed by atoms with Gasteiger partial charge in [-0.1, -0.05) is 50.1 Å². The van der Waals surface area contributed by atoms with Crippen LogP contribution < -0.4 is 10.6 Å². The van der Waals surface area contributed by atoms with Gasteiger partial charge < -0.3 is 10.6 Å². The summed E-state index contributed by atoms with van der Waals surface area (Å²) >= 11 is 6.79. The van der Waals surface area contributed by atoms with Crippen LogP contribution >= 0.6 is 31.9 Å². The summed E-state index contributed by atoms with van der Waals surface area (Å²) < 4.78 is 1.96. The zero-order valence-electron chi connectivity index (χ0n) is 9.99. The molecule has 0 aliphatic rings. The van der Waals surface area contributed by atoms with Gasteiger partial charge >= 0.3 is 6.03 Å². The van der Waals surface area contributed by atoms with Crippen molar-refractivity contribution in [3.63, 3.8) is 0 Å². The van der Waals surface area contributed by atoms with Crippen molar-refractivity contribution in [2.24, 2.45) is 0 Å². The second kappa shape index (κ2) is 6.73. The third kappa shape index (κ3) is 4.36. The van der Waals surface area contributed by atoms with E-state index < -0.39 is 0 Å². The standard InChI is InChI=1S/C14H12Br2N2O/c15-11-5-7-12(8-6-11)18-14(19)17-9-10-3-1-2-4-13(10)16/h1-8H,9H2,(H2,17,18,19). The van der Waals surface area contributed by atoms with Crippen molar-refractivity contribution in [1.82, 2.24) is 5.32 Å². The molecule has 2 amide bonds. The van der Waals surface area contributed by atoms with E-state index >= 15 is 0 Å². The third-order valence-electron chi connectivity index (χ3n) is 2.50. The van der Waals surface area contributed by atoms with E-state index in [2.05, 4.69) is 42.5 Å². The molecule has 0 aliphatic heterocycles. The Morgan fingerprint density at radius 2 is 1.68 bits per heavy atom. The molecule has 3 nitrogen and oxygen atoms in total. The highest BCUT2D eigenvalue weighted by molar-refractivity contribution is 9.10. The maximum atomic E-state index is 11.7. The summed E-state index contributed by atoms with van der Waals surface area (Å²) in [5.41, 5.74) is 1.79. The van der Waals surface area contributed by atoms with Crippen molar-refractivity contribution in [3.8, 4) is 0 Å².